The second-order valence-corrected chi connectivity index (χ2v) is 6.45. The Morgan fingerprint density at radius 1 is 1.22 bits per heavy atom. The summed E-state index contributed by atoms with van der Waals surface area (Å²) in [6.45, 7) is 6.02. The monoisotopic (exact) mass is 339 g/mol. The van der Waals surface area contributed by atoms with Crippen molar-refractivity contribution in [2.75, 3.05) is 19.6 Å². The quantitative estimate of drug-likeness (QED) is 0.765. The van der Waals surface area contributed by atoms with Crippen molar-refractivity contribution >= 4 is 24.2 Å². The third-order valence-corrected chi connectivity index (χ3v) is 4.28. The maximum atomic E-state index is 11.9. The summed E-state index contributed by atoms with van der Waals surface area (Å²) in [5.74, 6) is -0.390. The Labute approximate surface area is 144 Å². The molecule has 23 heavy (non-hydrogen) atoms. The topological polar surface area (TPSA) is 70.2 Å². The van der Waals surface area contributed by atoms with Crippen LogP contribution in [-0.4, -0.2) is 37.5 Å². The van der Waals surface area contributed by atoms with Gasteiger partial charge in [-0.15, -0.1) is 12.4 Å². The van der Waals surface area contributed by atoms with E-state index in [4.69, 9.17) is 0 Å². The Morgan fingerprint density at radius 3 is 2.57 bits per heavy atom. The van der Waals surface area contributed by atoms with Crippen molar-refractivity contribution in [3.8, 4) is 0 Å². The van der Waals surface area contributed by atoms with Crippen molar-refractivity contribution in [3.63, 3.8) is 0 Å². The Bertz CT molecular complexity index is 520. The van der Waals surface area contributed by atoms with Gasteiger partial charge in [0.25, 0.3) is 5.91 Å². The zero-order valence-electron chi connectivity index (χ0n) is 13.7. The van der Waals surface area contributed by atoms with E-state index < -0.39 is 0 Å². The van der Waals surface area contributed by atoms with Crippen molar-refractivity contribution in [1.29, 1.82) is 0 Å². The van der Waals surface area contributed by atoms with Crippen LogP contribution in [0.3, 0.4) is 0 Å². The van der Waals surface area contributed by atoms with Gasteiger partial charge in [0.15, 0.2) is 0 Å². The van der Waals surface area contributed by atoms with Crippen LogP contribution in [0.5, 0.6) is 0 Å². The first-order valence-corrected chi connectivity index (χ1v) is 7.82. The lowest BCUT2D eigenvalue weighted by molar-refractivity contribution is -0.120. The zero-order valence-corrected chi connectivity index (χ0v) is 14.5. The van der Waals surface area contributed by atoms with E-state index in [9.17, 15) is 9.59 Å². The number of carbonyl (C=O) groups is 2. The molecule has 0 radical (unpaired) electrons. The van der Waals surface area contributed by atoms with E-state index in [0.717, 1.165) is 13.0 Å². The van der Waals surface area contributed by atoms with Gasteiger partial charge in [-0.1, -0.05) is 32.0 Å². The van der Waals surface area contributed by atoms with Crippen molar-refractivity contribution < 1.29 is 9.59 Å². The van der Waals surface area contributed by atoms with Crippen LogP contribution in [0, 0.1) is 5.41 Å². The van der Waals surface area contributed by atoms with Gasteiger partial charge in [0.05, 0.1) is 6.54 Å². The lowest BCUT2D eigenvalue weighted by Gasteiger charge is -2.39. The molecule has 2 amide bonds. The molecule has 1 saturated heterocycles. The standard InChI is InChI=1S/C17H25N3O2.ClH/c1-17(2)9-6-10-18-14(17)11-19-15(21)12-20-16(22)13-7-4-3-5-8-13;/h3-5,7-8,14,18H,6,9-12H2,1-2H3,(H,19,21)(H,20,22);1H. The fourth-order valence-corrected chi connectivity index (χ4v) is 2.75. The largest absolute Gasteiger partial charge is 0.353 e. The first-order valence-electron chi connectivity index (χ1n) is 7.82. The molecule has 0 bridgehead atoms. The van der Waals surface area contributed by atoms with Gasteiger partial charge < -0.3 is 16.0 Å². The van der Waals surface area contributed by atoms with Gasteiger partial charge >= 0.3 is 0 Å². The molecule has 0 aromatic heterocycles. The van der Waals surface area contributed by atoms with E-state index in [1.54, 1.807) is 24.3 Å². The van der Waals surface area contributed by atoms with Gasteiger partial charge in [0.2, 0.25) is 5.91 Å². The minimum atomic E-state index is -0.230. The van der Waals surface area contributed by atoms with Crippen LogP contribution >= 0.6 is 12.4 Å². The molecule has 0 spiro atoms. The molecule has 1 fully saturated rings. The van der Waals surface area contributed by atoms with Crippen LogP contribution in [0.15, 0.2) is 30.3 Å². The highest BCUT2D eigenvalue weighted by atomic mass is 35.5. The molecule has 0 saturated carbocycles. The first-order chi connectivity index (χ1) is 10.5. The molecular formula is C17H26ClN3O2. The van der Waals surface area contributed by atoms with Crippen molar-refractivity contribution in [3.05, 3.63) is 35.9 Å². The average Bonchev–Trinajstić information content (AvgIpc) is 2.52. The Hall–Kier alpha value is -1.59. The molecule has 1 atom stereocenters. The number of rotatable bonds is 5. The van der Waals surface area contributed by atoms with E-state index in [0.29, 0.717) is 12.1 Å². The fraction of sp³-hybridized carbons (Fsp3) is 0.529. The molecule has 1 heterocycles. The van der Waals surface area contributed by atoms with Gasteiger partial charge in [-0.3, -0.25) is 9.59 Å². The van der Waals surface area contributed by atoms with E-state index in [1.807, 2.05) is 6.07 Å². The molecule has 1 aliphatic heterocycles. The van der Waals surface area contributed by atoms with E-state index >= 15 is 0 Å². The number of benzene rings is 1. The summed E-state index contributed by atoms with van der Waals surface area (Å²) >= 11 is 0. The minimum Gasteiger partial charge on any atom is -0.353 e. The van der Waals surface area contributed by atoms with Crippen LogP contribution in [0.1, 0.15) is 37.0 Å². The molecule has 0 aliphatic carbocycles. The maximum Gasteiger partial charge on any atom is 0.251 e. The molecule has 1 aromatic carbocycles. The number of piperidine rings is 1. The maximum absolute atomic E-state index is 11.9. The van der Waals surface area contributed by atoms with Gasteiger partial charge in [-0.25, -0.2) is 0 Å². The van der Waals surface area contributed by atoms with Gasteiger partial charge in [-0.05, 0) is 36.9 Å². The summed E-state index contributed by atoms with van der Waals surface area (Å²) in [5, 5.41) is 8.99. The van der Waals surface area contributed by atoms with Gasteiger partial charge in [0, 0.05) is 18.2 Å². The molecular weight excluding hydrogens is 314 g/mol. The molecule has 3 N–H and O–H groups in total. The number of hydrogen-bond donors (Lipinski definition) is 3. The molecule has 1 aromatic rings. The van der Waals surface area contributed by atoms with Gasteiger partial charge in [-0.2, -0.15) is 0 Å². The number of amides is 2. The van der Waals surface area contributed by atoms with Crippen LogP contribution in [0.25, 0.3) is 0 Å². The SMILES string of the molecule is CC1(C)CCCNC1CNC(=O)CNC(=O)c1ccccc1.Cl. The molecule has 6 heteroatoms. The molecule has 128 valence electrons. The summed E-state index contributed by atoms with van der Waals surface area (Å²) in [4.78, 5) is 23.7. The Kier molecular flexibility index (Phi) is 7.52. The smallest absolute Gasteiger partial charge is 0.251 e. The predicted octanol–water partition coefficient (Wildman–Crippen LogP) is 1.73. The minimum absolute atomic E-state index is 0. The lowest BCUT2D eigenvalue weighted by Crippen LogP contribution is -2.53. The van der Waals surface area contributed by atoms with Crippen LogP contribution < -0.4 is 16.0 Å². The summed E-state index contributed by atoms with van der Waals surface area (Å²) in [6, 6.07) is 9.17. The zero-order chi connectivity index (χ0) is 16.0. The second kappa shape index (κ2) is 8.89. The normalized spacial score (nSPS) is 19.3. The Morgan fingerprint density at radius 2 is 1.91 bits per heavy atom. The number of carbonyl (C=O) groups excluding carboxylic acids is 2. The highest BCUT2D eigenvalue weighted by Crippen LogP contribution is 2.29. The van der Waals surface area contributed by atoms with Crippen LogP contribution in [0.2, 0.25) is 0 Å². The van der Waals surface area contributed by atoms with Crippen molar-refractivity contribution in [2.24, 2.45) is 5.41 Å². The average molecular weight is 340 g/mol. The number of nitrogens with one attached hydrogen (secondary N) is 3. The molecule has 2 rings (SSSR count). The highest BCUT2D eigenvalue weighted by molar-refractivity contribution is 5.96. The second-order valence-electron chi connectivity index (χ2n) is 6.45. The van der Waals surface area contributed by atoms with E-state index in [1.165, 1.54) is 6.42 Å². The number of halogens is 1. The summed E-state index contributed by atoms with van der Waals surface area (Å²) in [5.41, 5.74) is 0.740. The molecule has 1 aliphatic rings. The first kappa shape index (κ1) is 19.5. The van der Waals surface area contributed by atoms with E-state index in [-0.39, 0.29) is 42.2 Å². The van der Waals surface area contributed by atoms with Crippen LogP contribution in [0.4, 0.5) is 0 Å². The fourth-order valence-electron chi connectivity index (χ4n) is 2.75. The summed E-state index contributed by atoms with van der Waals surface area (Å²) < 4.78 is 0. The molecule has 5 nitrogen and oxygen atoms in total. The predicted molar refractivity (Wildman–Crippen MR) is 93.8 cm³/mol. The Balaban J connectivity index is 0.00000264. The van der Waals surface area contributed by atoms with Crippen LogP contribution in [-0.2, 0) is 4.79 Å². The molecule has 1 unspecified atom stereocenters. The third-order valence-electron chi connectivity index (χ3n) is 4.28. The highest BCUT2D eigenvalue weighted by Gasteiger charge is 2.31. The van der Waals surface area contributed by atoms with Gasteiger partial charge in [0.1, 0.15) is 0 Å². The lowest BCUT2D eigenvalue weighted by atomic mass is 9.77. The number of hydrogen-bond acceptors (Lipinski definition) is 3. The third kappa shape index (κ3) is 5.84. The summed E-state index contributed by atoms with van der Waals surface area (Å²) in [6.07, 6.45) is 2.33. The van der Waals surface area contributed by atoms with Crippen molar-refractivity contribution in [2.45, 2.75) is 32.7 Å². The summed E-state index contributed by atoms with van der Waals surface area (Å²) in [7, 11) is 0. The van der Waals surface area contributed by atoms with Crippen molar-refractivity contribution in [1.82, 2.24) is 16.0 Å². The van der Waals surface area contributed by atoms with E-state index in [2.05, 4.69) is 29.8 Å².